The maximum Gasteiger partial charge on any atom is 0.233 e. The van der Waals surface area contributed by atoms with Gasteiger partial charge in [0, 0.05) is 20.7 Å². The number of methoxy groups -OCH3 is 1. The van der Waals surface area contributed by atoms with Crippen molar-refractivity contribution in [3.63, 3.8) is 0 Å². The van der Waals surface area contributed by atoms with Gasteiger partial charge in [0.1, 0.15) is 0 Å². The molecule has 0 radical (unpaired) electrons. The van der Waals surface area contributed by atoms with Gasteiger partial charge in [0.05, 0.1) is 19.7 Å². The molecule has 14 heavy (non-hydrogen) atoms. The summed E-state index contributed by atoms with van der Waals surface area (Å²) in [4.78, 5) is 23.3. The lowest BCUT2D eigenvalue weighted by Gasteiger charge is -2.18. The summed E-state index contributed by atoms with van der Waals surface area (Å²) in [5.41, 5.74) is 5.03. The average Bonchev–Trinajstić information content (AvgIpc) is 2.13. The highest BCUT2D eigenvalue weighted by Crippen LogP contribution is 1.87. The van der Waals surface area contributed by atoms with Gasteiger partial charge in [0.15, 0.2) is 0 Å². The van der Waals surface area contributed by atoms with Crippen LogP contribution in [0.1, 0.15) is 0 Å². The molecule has 0 aliphatic carbocycles. The molecule has 0 spiro atoms. The van der Waals surface area contributed by atoms with Gasteiger partial charge in [-0.05, 0) is 0 Å². The zero-order valence-corrected chi connectivity index (χ0v) is 8.58. The number of carbonyl (C=O) groups is 2. The van der Waals surface area contributed by atoms with E-state index < -0.39 is 5.91 Å². The number of ether oxygens (including phenoxy) is 1. The Bertz CT molecular complexity index is 196. The molecular weight excluding hydrogens is 186 g/mol. The second-order valence-electron chi connectivity index (χ2n) is 2.84. The Morgan fingerprint density at radius 2 is 2.07 bits per heavy atom. The Labute approximate surface area is 83.4 Å². The third-order valence-electron chi connectivity index (χ3n) is 1.64. The number of carbonyl (C=O) groups excluding carboxylic acids is 2. The van der Waals surface area contributed by atoms with Gasteiger partial charge in [-0.3, -0.25) is 14.5 Å². The normalized spacial score (nSPS) is 10.2. The summed E-state index contributed by atoms with van der Waals surface area (Å²) in [6, 6.07) is 0. The number of nitrogens with one attached hydrogen (secondary N) is 1. The molecule has 0 aliphatic heterocycles. The average molecular weight is 203 g/mol. The number of hydrogen-bond donors (Lipinski definition) is 2. The molecule has 0 bridgehead atoms. The van der Waals surface area contributed by atoms with Crippen LogP contribution in [0.5, 0.6) is 0 Å². The first-order chi connectivity index (χ1) is 6.60. The monoisotopic (exact) mass is 203 g/mol. The molecular formula is C8H17N3O3. The molecule has 6 nitrogen and oxygen atoms in total. The van der Waals surface area contributed by atoms with Crippen molar-refractivity contribution in [3.05, 3.63) is 0 Å². The largest absolute Gasteiger partial charge is 0.383 e. The Morgan fingerprint density at radius 1 is 1.43 bits per heavy atom. The predicted octanol–water partition coefficient (Wildman–Crippen LogP) is -1.83. The maximum atomic E-state index is 11.0. The summed E-state index contributed by atoms with van der Waals surface area (Å²) in [5.74, 6) is -0.604. The Kier molecular flexibility index (Phi) is 6.69. The van der Waals surface area contributed by atoms with Gasteiger partial charge in [0.25, 0.3) is 0 Å². The number of nitrogens with zero attached hydrogens (tertiary/aromatic N) is 1. The van der Waals surface area contributed by atoms with Gasteiger partial charge in [0.2, 0.25) is 11.8 Å². The fraction of sp³-hybridized carbons (Fsp3) is 0.750. The van der Waals surface area contributed by atoms with Gasteiger partial charge in [-0.15, -0.1) is 0 Å². The molecule has 0 atom stereocenters. The molecule has 0 saturated heterocycles. The van der Waals surface area contributed by atoms with Crippen LogP contribution in [-0.4, -0.2) is 57.1 Å². The molecule has 0 fully saturated rings. The SMILES string of the molecule is CNC(=O)CN(CCOC)CC(N)=O. The third-order valence-corrected chi connectivity index (χ3v) is 1.64. The Hall–Kier alpha value is -1.14. The van der Waals surface area contributed by atoms with Crippen molar-refractivity contribution < 1.29 is 14.3 Å². The van der Waals surface area contributed by atoms with Crippen LogP contribution in [0.25, 0.3) is 0 Å². The Balaban J connectivity index is 3.96. The number of amides is 2. The molecule has 3 N–H and O–H groups in total. The molecule has 0 aromatic heterocycles. The summed E-state index contributed by atoms with van der Waals surface area (Å²) in [5, 5.41) is 2.47. The predicted molar refractivity (Wildman–Crippen MR) is 51.6 cm³/mol. The van der Waals surface area contributed by atoms with E-state index in [9.17, 15) is 9.59 Å². The van der Waals surface area contributed by atoms with Gasteiger partial charge in [-0.1, -0.05) is 0 Å². The first-order valence-electron chi connectivity index (χ1n) is 4.30. The van der Waals surface area contributed by atoms with Crippen LogP contribution >= 0.6 is 0 Å². The number of primary amides is 1. The van der Waals surface area contributed by atoms with E-state index in [2.05, 4.69) is 5.32 Å². The molecule has 0 rings (SSSR count). The lowest BCUT2D eigenvalue weighted by Crippen LogP contribution is -2.42. The van der Waals surface area contributed by atoms with Crippen molar-refractivity contribution >= 4 is 11.8 Å². The number of rotatable bonds is 7. The lowest BCUT2D eigenvalue weighted by atomic mass is 10.4. The van der Waals surface area contributed by atoms with Crippen molar-refractivity contribution in [3.8, 4) is 0 Å². The second-order valence-corrected chi connectivity index (χ2v) is 2.84. The third kappa shape index (κ3) is 6.38. The highest BCUT2D eigenvalue weighted by atomic mass is 16.5. The van der Waals surface area contributed by atoms with Crippen LogP contribution in [0.2, 0.25) is 0 Å². The fourth-order valence-electron chi connectivity index (χ4n) is 0.937. The molecule has 0 heterocycles. The van der Waals surface area contributed by atoms with Crippen molar-refractivity contribution in [1.82, 2.24) is 10.2 Å². The van der Waals surface area contributed by atoms with Crippen LogP contribution in [0, 0.1) is 0 Å². The van der Waals surface area contributed by atoms with Crippen molar-refractivity contribution in [2.45, 2.75) is 0 Å². The van der Waals surface area contributed by atoms with E-state index in [1.165, 1.54) is 0 Å². The zero-order valence-electron chi connectivity index (χ0n) is 8.58. The van der Waals surface area contributed by atoms with Gasteiger partial charge < -0.3 is 15.8 Å². The molecule has 6 heteroatoms. The summed E-state index contributed by atoms with van der Waals surface area (Å²) < 4.78 is 4.84. The second kappa shape index (κ2) is 7.28. The van der Waals surface area contributed by atoms with Gasteiger partial charge >= 0.3 is 0 Å². The highest BCUT2D eigenvalue weighted by Gasteiger charge is 2.11. The van der Waals surface area contributed by atoms with Crippen LogP contribution in [0.3, 0.4) is 0 Å². The van der Waals surface area contributed by atoms with Crippen molar-refractivity contribution in [2.24, 2.45) is 5.73 Å². The maximum absolute atomic E-state index is 11.0. The number of hydrogen-bond acceptors (Lipinski definition) is 4. The van der Waals surface area contributed by atoms with Crippen LogP contribution in [-0.2, 0) is 14.3 Å². The summed E-state index contributed by atoms with van der Waals surface area (Å²) in [6.07, 6.45) is 0. The summed E-state index contributed by atoms with van der Waals surface area (Å²) >= 11 is 0. The quantitative estimate of drug-likeness (QED) is 0.509. The summed E-state index contributed by atoms with van der Waals surface area (Å²) in [6.45, 7) is 1.19. The van der Waals surface area contributed by atoms with Crippen molar-refractivity contribution in [2.75, 3.05) is 40.4 Å². The van der Waals surface area contributed by atoms with E-state index >= 15 is 0 Å². The van der Waals surface area contributed by atoms with Gasteiger partial charge in [-0.2, -0.15) is 0 Å². The minimum Gasteiger partial charge on any atom is -0.383 e. The summed E-state index contributed by atoms with van der Waals surface area (Å²) in [7, 11) is 3.10. The van der Waals surface area contributed by atoms with E-state index in [0.29, 0.717) is 13.2 Å². The first kappa shape index (κ1) is 12.9. The van der Waals surface area contributed by atoms with E-state index in [0.717, 1.165) is 0 Å². The van der Waals surface area contributed by atoms with Crippen LogP contribution in [0.15, 0.2) is 0 Å². The molecule has 0 saturated carbocycles. The highest BCUT2D eigenvalue weighted by molar-refractivity contribution is 5.80. The smallest absolute Gasteiger partial charge is 0.233 e. The van der Waals surface area contributed by atoms with Gasteiger partial charge in [-0.25, -0.2) is 0 Å². The molecule has 0 unspecified atom stereocenters. The number of nitrogens with two attached hydrogens (primary N) is 1. The molecule has 82 valence electrons. The van der Waals surface area contributed by atoms with Crippen LogP contribution < -0.4 is 11.1 Å². The van der Waals surface area contributed by atoms with Crippen LogP contribution in [0.4, 0.5) is 0 Å². The van der Waals surface area contributed by atoms with E-state index in [4.69, 9.17) is 10.5 Å². The standard InChI is InChI=1S/C8H17N3O3/c1-10-8(13)6-11(3-4-14-2)5-7(9)12/h3-6H2,1-2H3,(H2,9,12)(H,10,13). The minimum atomic E-state index is -0.454. The molecule has 0 aliphatic rings. The molecule has 2 amide bonds. The first-order valence-corrected chi connectivity index (χ1v) is 4.30. The molecule has 0 aromatic rings. The molecule has 0 aromatic carbocycles. The van der Waals surface area contributed by atoms with E-state index in [1.54, 1.807) is 19.1 Å². The topological polar surface area (TPSA) is 84.7 Å². The fourth-order valence-corrected chi connectivity index (χ4v) is 0.937. The van der Waals surface area contributed by atoms with E-state index in [-0.39, 0.29) is 19.0 Å². The Morgan fingerprint density at radius 3 is 2.50 bits per heavy atom. The number of likely N-dealkylation sites (N-methyl/N-ethyl adjacent to an activating group) is 1. The zero-order chi connectivity index (χ0) is 11.0. The van der Waals surface area contributed by atoms with Crippen molar-refractivity contribution in [1.29, 1.82) is 0 Å². The minimum absolute atomic E-state index is 0.0662. The lowest BCUT2D eigenvalue weighted by molar-refractivity contribution is -0.123. The van der Waals surface area contributed by atoms with E-state index in [1.807, 2.05) is 0 Å².